The van der Waals surface area contributed by atoms with Gasteiger partial charge in [-0.1, -0.05) is 0 Å². The molecule has 0 saturated carbocycles. The van der Waals surface area contributed by atoms with Crippen LogP contribution in [-0.4, -0.2) is 91.0 Å². The lowest BCUT2D eigenvalue weighted by atomic mass is 9.97. The first-order valence-electron chi connectivity index (χ1n) is 15.7. The van der Waals surface area contributed by atoms with Gasteiger partial charge in [-0.3, -0.25) is 4.79 Å². The molecule has 1 heterocycles. The molecule has 0 fully saturated rings. The van der Waals surface area contributed by atoms with Gasteiger partial charge >= 0.3 is 5.97 Å². The Kier molecular flexibility index (Phi) is 14.2. The monoisotopic (exact) mass is 680 g/mol. The van der Waals surface area contributed by atoms with Crippen LogP contribution >= 0.6 is 11.3 Å². The van der Waals surface area contributed by atoms with E-state index < -0.39 is 11.6 Å². The van der Waals surface area contributed by atoms with Crippen LogP contribution in [0.1, 0.15) is 36.7 Å². The highest BCUT2D eigenvalue weighted by molar-refractivity contribution is 7.22. The topological polar surface area (TPSA) is 108 Å². The molecular weight excluding hydrogens is 636 g/mol. The number of methoxy groups -OCH3 is 2. The van der Waals surface area contributed by atoms with Gasteiger partial charge in [0.1, 0.15) is 36.1 Å². The highest BCUT2D eigenvalue weighted by Crippen LogP contribution is 2.41. The van der Waals surface area contributed by atoms with E-state index >= 15 is 0 Å². The molecule has 0 aliphatic rings. The number of thiophene rings is 1. The summed E-state index contributed by atoms with van der Waals surface area (Å²) in [6.45, 7) is 8.44. The smallest absolute Gasteiger partial charge is 0.332 e. The van der Waals surface area contributed by atoms with E-state index in [2.05, 4.69) is 0 Å². The van der Waals surface area contributed by atoms with Crippen molar-refractivity contribution in [2.24, 2.45) is 0 Å². The summed E-state index contributed by atoms with van der Waals surface area (Å²) in [4.78, 5) is 26.4. The van der Waals surface area contributed by atoms with Gasteiger partial charge in [-0.2, -0.15) is 0 Å². The highest BCUT2D eigenvalue weighted by Gasteiger charge is 2.22. The summed E-state index contributed by atoms with van der Waals surface area (Å²) in [7, 11) is 3.26. The van der Waals surface area contributed by atoms with Crippen LogP contribution in [0.3, 0.4) is 0 Å². The van der Waals surface area contributed by atoms with Crippen molar-refractivity contribution in [3.63, 3.8) is 0 Å². The molecule has 0 atom stereocenters. The first-order valence-corrected chi connectivity index (χ1v) is 16.6. The first-order chi connectivity index (χ1) is 23.2. The molecule has 0 radical (unpaired) electrons. The molecule has 258 valence electrons. The second-order valence-corrected chi connectivity index (χ2v) is 12.6. The van der Waals surface area contributed by atoms with Crippen molar-refractivity contribution in [3.05, 3.63) is 77.9 Å². The molecular formula is C37H44O10S. The molecule has 1 aromatic heterocycles. The molecule has 3 aromatic carbocycles. The molecule has 0 saturated heterocycles. The summed E-state index contributed by atoms with van der Waals surface area (Å²) in [6.07, 6.45) is 0. The van der Waals surface area contributed by atoms with E-state index in [0.29, 0.717) is 69.7 Å². The maximum atomic E-state index is 13.9. The van der Waals surface area contributed by atoms with Crippen molar-refractivity contribution in [1.29, 1.82) is 0 Å². The standard InChI is InChI=1S/C37H44O10S/c1-37(2,3)47-33(38)25-45-21-20-43-17-16-42-18-19-44-22-23-46-29-12-6-26(7-13-29)35(39)34-31-15-14-30(41-5)24-32(31)48-36(34)27-8-10-28(40-4)11-9-27/h6-15,24H,16-23,25H2,1-5H3. The number of hydrogen-bond acceptors (Lipinski definition) is 11. The van der Waals surface area contributed by atoms with Crippen LogP contribution < -0.4 is 14.2 Å². The Morgan fingerprint density at radius 2 is 1.19 bits per heavy atom. The summed E-state index contributed by atoms with van der Waals surface area (Å²) in [6, 6.07) is 20.7. The molecule has 0 aliphatic carbocycles. The first kappa shape index (κ1) is 36.8. The number of ketones is 1. The van der Waals surface area contributed by atoms with Crippen LogP contribution in [-0.2, 0) is 28.5 Å². The van der Waals surface area contributed by atoms with Crippen LogP contribution in [0, 0.1) is 0 Å². The van der Waals surface area contributed by atoms with Gasteiger partial charge in [0, 0.05) is 26.1 Å². The fourth-order valence-electron chi connectivity index (χ4n) is 4.63. The summed E-state index contributed by atoms with van der Waals surface area (Å²) in [5, 5.41) is 0.882. The normalized spacial score (nSPS) is 11.4. The molecule has 4 rings (SSSR count). The number of carbonyl (C=O) groups excluding carboxylic acids is 2. The quantitative estimate of drug-likeness (QED) is 0.0576. The molecule has 4 aromatic rings. The number of carbonyl (C=O) groups is 2. The van der Waals surface area contributed by atoms with Crippen molar-refractivity contribution in [2.45, 2.75) is 26.4 Å². The van der Waals surface area contributed by atoms with E-state index in [4.69, 9.17) is 37.9 Å². The number of benzene rings is 3. The molecule has 48 heavy (non-hydrogen) atoms. The van der Waals surface area contributed by atoms with Gasteiger partial charge in [0.2, 0.25) is 0 Å². The van der Waals surface area contributed by atoms with Gasteiger partial charge in [-0.15, -0.1) is 11.3 Å². The molecule has 0 amide bonds. The minimum atomic E-state index is -0.525. The minimum absolute atomic E-state index is 0.0657. The SMILES string of the molecule is COc1ccc(-c2sc3cc(OC)ccc3c2C(=O)c2ccc(OCCOCCOCCOCCOCC(=O)OC(C)(C)C)cc2)cc1. The molecule has 11 heteroatoms. The number of fused-ring (bicyclic) bond motifs is 1. The second kappa shape index (κ2) is 18.5. The van der Waals surface area contributed by atoms with E-state index in [0.717, 1.165) is 32.0 Å². The maximum Gasteiger partial charge on any atom is 0.332 e. The predicted octanol–water partition coefficient (Wildman–Crippen LogP) is 6.60. The van der Waals surface area contributed by atoms with Crippen molar-refractivity contribution < 1.29 is 47.5 Å². The summed E-state index contributed by atoms with van der Waals surface area (Å²) in [5.41, 5.74) is 1.64. The third-order valence-corrected chi connectivity index (χ3v) is 8.05. The highest BCUT2D eigenvalue weighted by atomic mass is 32.1. The Hall–Kier alpha value is -4.00. The molecule has 0 unspecified atom stereocenters. The summed E-state index contributed by atoms with van der Waals surface area (Å²) >= 11 is 1.56. The zero-order valence-electron chi connectivity index (χ0n) is 28.2. The molecule has 0 spiro atoms. The average Bonchev–Trinajstić information content (AvgIpc) is 3.46. The number of esters is 1. The average molecular weight is 681 g/mol. The second-order valence-electron chi connectivity index (χ2n) is 11.6. The Bertz CT molecular complexity index is 1590. The van der Waals surface area contributed by atoms with Crippen molar-refractivity contribution >= 4 is 33.2 Å². The fraction of sp³-hybridized carbons (Fsp3) is 0.405. The third kappa shape index (κ3) is 11.3. The van der Waals surface area contributed by atoms with Gasteiger partial charge in [-0.05, 0) is 93.1 Å². The van der Waals surface area contributed by atoms with E-state index in [9.17, 15) is 9.59 Å². The van der Waals surface area contributed by atoms with E-state index in [1.54, 1.807) is 49.8 Å². The van der Waals surface area contributed by atoms with Gasteiger partial charge in [0.05, 0.1) is 60.5 Å². The largest absolute Gasteiger partial charge is 0.497 e. The molecule has 10 nitrogen and oxygen atoms in total. The number of ether oxygens (including phenoxy) is 8. The zero-order chi connectivity index (χ0) is 34.4. The number of hydrogen-bond donors (Lipinski definition) is 0. The van der Waals surface area contributed by atoms with Gasteiger partial charge < -0.3 is 37.9 Å². The summed E-state index contributed by atoms with van der Waals surface area (Å²) in [5.74, 6) is 1.68. The van der Waals surface area contributed by atoms with Crippen LogP contribution in [0.2, 0.25) is 0 Å². The van der Waals surface area contributed by atoms with Crippen LogP contribution in [0.4, 0.5) is 0 Å². The third-order valence-electron chi connectivity index (χ3n) is 6.85. The molecule has 0 aliphatic heterocycles. The Morgan fingerprint density at radius 1 is 0.646 bits per heavy atom. The van der Waals surface area contributed by atoms with Crippen LogP contribution in [0.25, 0.3) is 20.5 Å². The Labute approximate surface area is 285 Å². The number of rotatable bonds is 20. The minimum Gasteiger partial charge on any atom is -0.497 e. The van der Waals surface area contributed by atoms with Gasteiger partial charge in [0.15, 0.2) is 5.78 Å². The van der Waals surface area contributed by atoms with Crippen LogP contribution in [0.15, 0.2) is 66.7 Å². The predicted molar refractivity (Wildman–Crippen MR) is 185 cm³/mol. The molecule has 0 N–H and O–H groups in total. The zero-order valence-corrected chi connectivity index (χ0v) is 29.0. The van der Waals surface area contributed by atoms with Crippen LogP contribution in [0.5, 0.6) is 17.2 Å². The summed E-state index contributed by atoms with van der Waals surface area (Å²) < 4.78 is 44.4. The van der Waals surface area contributed by atoms with Crippen molar-refractivity contribution in [1.82, 2.24) is 0 Å². The Morgan fingerprint density at radius 3 is 1.77 bits per heavy atom. The molecule has 0 bridgehead atoms. The van der Waals surface area contributed by atoms with Gasteiger partial charge in [-0.25, -0.2) is 4.79 Å². The maximum absolute atomic E-state index is 13.9. The van der Waals surface area contributed by atoms with Gasteiger partial charge in [0.25, 0.3) is 0 Å². The van der Waals surface area contributed by atoms with E-state index in [1.165, 1.54) is 0 Å². The van der Waals surface area contributed by atoms with Crippen molar-refractivity contribution in [3.8, 4) is 27.7 Å². The van der Waals surface area contributed by atoms with Crippen molar-refractivity contribution in [2.75, 3.05) is 73.7 Å². The Balaban J connectivity index is 1.16. The van der Waals surface area contributed by atoms with E-state index in [-0.39, 0.29) is 12.4 Å². The lowest BCUT2D eigenvalue weighted by Gasteiger charge is -2.19. The fourth-order valence-corrected chi connectivity index (χ4v) is 5.86. The lowest BCUT2D eigenvalue weighted by Crippen LogP contribution is -2.27. The van der Waals surface area contributed by atoms with E-state index in [1.807, 2.05) is 63.2 Å². The lowest BCUT2D eigenvalue weighted by molar-refractivity contribution is -0.160.